The Bertz CT molecular complexity index is 990. The molecular weight excluding hydrogens is 362 g/mol. The molecule has 29 heavy (non-hydrogen) atoms. The van der Waals surface area contributed by atoms with Gasteiger partial charge in [-0.05, 0) is 81.7 Å². The van der Waals surface area contributed by atoms with Crippen LogP contribution in [-0.4, -0.2) is 31.3 Å². The molecule has 0 spiro atoms. The van der Waals surface area contributed by atoms with Crippen molar-refractivity contribution in [2.75, 3.05) is 18.6 Å². The number of benzene rings is 2. The van der Waals surface area contributed by atoms with Gasteiger partial charge in [0.1, 0.15) is 5.75 Å². The molecule has 1 aliphatic rings. The second-order valence-electron chi connectivity index (χ2n) is 7.88. The summed E-state index contributed by atoms with van der Waals surface area (Å²) in [7, 11) is 1.57. The molecule has 1 N–H and O–H groups in total. The van der Waals surface area contributed by atoms with E-state index in [0.29, 0.717) is 11.3 Å². The highest BCUT2D eigenvalue weighted by molar-refractivity contribution is 5.95. The van der Waals surface area contributed by atoms with E-state index in [4.69, 9.17) is 4.74 Å². The Morgan fingerprint density at radius 3 is 2.69 bits per heavy atom. The number of aryl methyl sites for hydroxylation is 1. The van der Waals surface area contributed by atoms with Crippen molar-refractivity contribution in [3.63, 3.8) is 0 Å². The molecule has 0 bridgehead atoms. The second-order valence-corrected chi connectivity index (χ2v) is 7.88. The number of anilines is 1. The van der Waals surface area contributed by atoms with Gasteiger partial charge in [0.05, 0.1) is 18.9 Å². The van der Waals surface area contributed by atoms with Gasteiger partial charge in [0, 0.05) is 23.4 Å². The number of allylic oxidation sites excluding steroid dienone is 1. The molecule has 1 heterocycles. The van der Waals surface area contributed by atoms with Gasteiger partial charge >= 0.3 is 0 Å². The summed E-state index contributed by atoms with van der Waals surface area (Å²) in [6.45, 7) is 11.8. The first kappa shape index (κ1) is 20.6. The maximum absolute atomic E-state index is 12.3. The van der Waals surface area contributed by atoms with E-state index in [1.54, 1.807) is 37.6 Å². The fraction of sp³-hybridized carbons (Fsp3) is 0.333. The van der Waals surface area contributed by atoms with Crippen molar-refractivity contribution in [3.8, 4) is 5.75 Å². The highest BCUT2D eigenvalue weighted by Crippen LogP contribution is 2.39. The lowest BCUT2D eigenvalue weighted by Crippen LogP contribution is -2.45. The number of carbonyl (C=O) groups is 1. The summed E-state index contributed by atoms with van der Waals surface area (Å²) < 4.78 is 5.16. The van der Waals surface area contributed by atoms with Crippen LogP contribution in [0.4, 0.5) is 5.69 Å². The molecule has 152 valence electrons. The second kappa shape index (κ2) is 8.11. The largest absolute Gasteiger partial charge is 0.497 e. The normalized spacial score (nSPS) is 15.1. The number of nitrogens with zero attached hydrogens (tertiary/aromatic N) is 2. The lowest BCUT2D eigenvalue weighted by molar-refractivity contribution is 0.0955. The van der Waals surface area contributed by atoms with Crippen LogP contribution < -0.4 is 15.1 Å². The summed E-state index contributed by atoms with van der Waals surface area (Å²) in [5, 5.41) is 4.18. The minimum absolute atomic E-state index is 0.0153. The van der Waals surface area contributed by atoms with E-state index in [2.05, 4.69) is 68.3 Å². The Kier molecular flexibility index (Phi) is 5.78. The molecule has 3 rings (SSSR count). The van der Waals surface area contributed by atoms with Gasteiger partial charge in [-0.3, -0.25) is 4.79 Å². The Hall–Kier alpha value is -3.08. The molecule has 0 unspecified atom stereocenters. The van der Waals surface area contributed by atoms with E-state index in [9.17, 15) is 4.79 Å². The number of amides is 1. The molecule has 2 aromatic rings. The number of hydrogen-bond acceptors (Lipinski definition) is 4. The molecule has 5 nitrogen and oxygen atoms in total. The average molecular weight is 392 g/mol. The molecule has 0 atom stereocenters. The van der Waals surface area contributed by atoms with Crippen molar-refractivity contribution in [1.82, 2.24) is 5.43 Å². The Labute approximate surface area is 173 Å². The fourth-order valence-electron chi connectivity index (χ4n) is 3.95. The van der Waals surface area contributed by atoms with E-state index >= 15 is 0 Å². The van der Waals surface area contributed by atoms with Crippen molar-refractivity contribution < 1.29 is 9.53 Å². The Balaban J connectivity index is 1.84. The minimum Gasteiger partial charge on any atom is -0.497 e. The maximum Gasteiger partial charge on any atom is 0.271 e. The zero-order chi connectivity index (χ0) is 21.2. The third-order valence-electron chi connectivity index (χ3n) is 5.38. The molecule has 0 aliphatic carbocycles. The van der Waals surface area contributed by atoms with Crippen LogP contribution in [0.1, 0.15) is 54.7 Å². The predicted molar refractivity (Wildman–Crippen MR) is 120 cm³/mol. The standard InChI is InChI=1S/C24H29N3O2/c1-7-27-22-11-16(2)19(13-21(22)17(3)14-24(27,4)5)15-25-26-23(28)18-9-8-10-20(12-18)29-6/h8-15H,7H2,1-6H3,(H,26,28)/b25-15-. The van der Waals surface area contributed by atoms with Gasteiger partial charge in [-0.25, -0.2) is 5.43 Å². The predicted octanol–water partition coefficient (Wildman–Crippen LogP) is 4.79. The summed E-state index contributed by atoms with van der Waals surface area (Å²) in [5.41, 5.74) is 8.89. The Morgan fingerprint density at radius 2 is 2.00 bits per heavy atom. The van der Waals surface area contributed by atoms with E-state index in [0.717, 1.165) is 17.7 Å². The molecule has 2 aromatic carbocycles. The summed E-state index contributed by atoms with van der Waals surface area (Å²) in [6, 6.07) is 11.4. The lowest BCUT2D eigenvalue weighted by atomic mass is 9.87. The Morgan fingerprint density at radius 1 is 1.24 bits per heavy atom. The van der Waals surface area contributed by atoms with E-state index in [1.165, 1.54) is 16.8 Å². The first-order valence-electron chi connectivity index (χ1n) is 9.86. The van der Waals surface area contributed by atoms with Crippen molar-refractivity contribution in [3.05, 3.63) is 64.7 Å². The number of hydrogen-bond donors (Lipinski definition) is 1. The van der Waals surface area contributed by atoms with E-state index in [1.807, 2.05) is 0 Å². The van der Waals surface area contributed by atoms with Crippen molar-refractivity contribution in [2.45, 2.75) is 40.2 Å². The van der Waals surface area contributed by atoms with Crippen LogP contribution in [-0.2, 0) is 0 Å². The molecule has 0 aromatic heterocycles. The highest BCUT2D eigenvalue weighted by atomic mass is 16.5. The molecule has 0 fully saturated rings. The van der Waals surface area contributed by atoms with Gasteiger partial charge in [0.2, 0.25) is 0 Å². The van der Waals surface area contributed by atoms with E-state index in [-0.39, 0.29) is 11.4 Å². The topological polar surface area (TPSA) is 53.9 Å². The van der Waals surface area contributed by atoms with Crippen LogP contribution in [0.5, 0.6) is 5.75 Å². The first-order valence-corrected chi connectivity index (χ1v) is 9.86. The van der Waals surface area contributed by atoms with Gasteiger partial charge < -0.3 is 9.64 Å². The van der Waals surface area contributed by atoms with Crippen molar-refractivity contribution in [1.29, 1.82) is 0 Å². The zero-order valence-corrected chi connectivity index (χ0v) is 18.0. The number of ether oxygens (including phenoxy) is 1. The zero-order valence-electron chi connectivity index (χ0n) is 18.0. The average Bonchev–Trinajstić information content (AvgIpc) is 2.68. The number of carbonyl (C=O) groups excluding carboxylic acids is 1. The number of fused-ring (bicyclic) bond motifs is 1. The lowest BCUT2D eigenvalue weighted by Gasteiger charge is -2.43. The molecule has 1 aliphatic heterocycles. The SMILES string of the molecule is CCN1c2cc(C)c(/C=N\NC(=O)c3cccc(OC)c3)cc2C(C)=CC1(C)C. The fourth-order valence-corrected chi connectivity index (χ4v) is 3.95. The molecular formula is C24H29N3O2. The maximum atomic E-state index is 12.3. The molecule has 1 amide bonds. The number of rotatable bonds is 5. The molecule has 0 saturated heterocycles. The molecule has 5 heteroatoms. The van der Waals surface area contributed by atoms with Gasteiger partial charge in [-0.2, -0.15) is 5.10 Å². The smallest absolute Gasteiger partial charge is 0.271 e. The van der Waals surface area contributed by atoms with E-state index < -0.39 is 0 Å². The number of hydrazone groups is 1. The number of likely N-dealkylation sites (N-methyl/N-ethyl adjacent to an activating group) is 1. The summed E-state index contributed by atoms with van der Waals surface area (Å²) in [4.78, 5) is 14.7. The van der Waals surface area contributed by atoms with Gasteiger partial charge in [-0.1, -0.05) is 12.1 Å². The molecule has 0 saturated carbocycles. The minimum atomic E-state index is -0.272. The van der Waals surface area contributed by atoms with Gasteiger partial charge in [0.15, 0.2) is 0 Å². The van der Waals surface area contributed by atoms with Crippen LogP contribution >= 0.6 is 0 Å². The van der Waals surface area contributed by atoms with Gasteiger partial charge in [0.25, 0.3) is 5.91 Å². The summed E-state index contributed by atoms with van der Waals surface area (Å²) in [5.74, 6) is 0.364. The number of nitrogens with one attached hydrogen (secondary N) is 1. The monoisotopic (exact) mass is 391 g/mol. The third kappa shape index (κ3) is 4.19. The summed E-state index contributed by atoms with van der Waals surface area (Å²) in [6.07, 6.45) is 4.01. The summed E-state index contributed by atoms with van der Waals surface area (Å²) >= 11 is 0. The highest BCUT2D eigenvalue weighted by Gasteiger charge is 2.30. The van der Waals surface area contributed by atoms with Crippen LogP contribution in [0.15, 0.2) is 47.6 Å². The van der Waals surface area contributed by atoms with Gasteiger partial charge in [-0.15, -0.1) is 0 Å². The quantitative estimate of drug-likeness (QED) is 0.589. The van der Waals surface area contributed by atoms with Crippen LogP contribution in [0.25, 0.3) is 5.57 Å². The number of methoxy groups -OCH3 is 1. The van der Waals surface area contributed by atoms with Crippen molar-refractivity contribution in [2.24, 2.45) is 5.10 Å². The van der Waals surface area contributed by atoms with Crippen LogP contribution in [0, 0.1) is 6.92 Å². The van der Waals surface area contributed by atoms with Crippen LogP contribution in [0.3, 0.4) is 0 Å². The molecule has 0 radical (unpaired) electrons. The first-order chi connectivity index (χ1) is 13.8. The van der Waals surface area contributed by atoms with Crippen molar-refractivity contribution >= 4 is 23.4 Å². The van der Waals surface area contributed by atoms with Crippen LogP contribution in [0.2, 0.25) is 0 Å². The third-order valence-corrected chi connectivity index (χ3v) is 5.38.